The summed E-state index contributed by atoms with van der Waals surface area (Å²) in [5.41, 5.74) is 2.59. The summed E-state index contributed by atoms with van der Waals surface area (Å²) in [5, 5.41) is 7.61. The molecule has 0 aromatic carbocycles. The van der Waals surface area contributed by atoms with Crippen molar-refractivity contribution in [2.24, 2.45) is 0 Å². The molecular weight excluding hydrogens is 126 g/mol. The highest BCUT2D eigenvalue weighted by Gasteiger charge is 2.12. The lowest BCUT2D eigenvalue weighted by atomic mass is 10.3. The van der Waals surface area contributed by atoms with E-state index < -0.39 is 0 Å². The standard InChI is InChI=1S/C7H11N3/c1-2-10-5-6-3-8-4-7(6)9-10/h5,8H,2-4H2,1H3. The minimum Gasteiger partial charge on any atom is -0.307 e. The van der Waals surface area contributed by atoms with Gasteiger partial charge in [-0.05, 0) is 6.92 Å². The third-order valence-electron chi connectivity index (χ3n) is 1.86. The van der Waals surface area contributed by atoms with Gasteiger partial charge in [0.2, 0.25) is 0 Å². The number of aryl methyl sites for hydroxylation is 1. The summed E-state index contributed by atoms with van der Waals surface area (Å²) < 4.78 is 1.99. The van der Waals surface area contributed by atoms with Crippen molar-refractivity contribution < 1.29 is 0 Å². The Hall–Kier alpha value is -0.830. The average Bonchev–Trinajstić information content (AvgIpc) is 2.42. The SMILES string of the molecule is CCn1cc2c(n1)CNC2. The lowest BCUT2D eigenvalue weighted by Crippen LogP contribution is -2.05. The smallest absolute Gasteiger partial charge is 0.0807 e. The molecule has 0 amide bonds. The Morgan fingerprint density at radius 3 is 3.30 bits per heavy atom. The molecule has 1 aliphatic heterocycles. The number of fused-ring (bicyclic) bond motifs is 1. The van der Waals surface area contributed by atoms with Crippen LogP contribution in [-0.4, -0.2) is 9.78 Å². The van der Waals surface area contributed by atoms with E-state index in [1.807, 2.05) is 4.68 Å². The van der Waals surface area contributed by atoms with Crippen LogP contribution >= 0.6 is 0 Å². The van der Waals surface area contributed by atoms with Crippen LogP contribution in [0.4, 0.5) is 0 Å². The van der Waals surface area contributed by atoms with Gasteiger partial charge in [-0.25, -0.2) is 0 Å². The highest BCUT2D eigenvalue weighted by Crippen LogP contribution is 2.11. The fourth-order valence-electron chi connectivity index (χ4n) is 1.28. The predicted octanol–water partition coefficient (Wildman–Crippen LogP) is 0.506. The Labute approximate surface area is 60.0 Å². The van der Waals surface area contributed by atoms with Gasteiger partial charge in [0.25, 0.3) is 0 Å². The Kier molecular flexibility index (Phi) is 1.24. The zero-order chi connectivity index (χ0) is 6.97. The number of hydrogen-bond donors (Lipinski definition) is 1. The number of rotatable bonds is 1. The first-order valence-corrected chi connectivity index (χ1v) is 3.66. The van der Waals surface area contributed by atoms with E-state index in [1.54, 1.807) is 0 Å². The maximum atomic E-state index is 4.36. The van der Waals surface area contributed by atoms with E-state index in [4.69, 9.17) is 0 Å². The Bertz CT molecular complexity index is 217. The van der Waals surface area contributed by atoms with Crippen LogP contribution in [0, 0.1) is 0 Å². The topological polar surface area (TPSA) is 29.9 Å². The molecule has 10 heavy (non-hydrogen) atoms. The van der Waals surface area contributed by atoms with Crippen LogP contribution in [0.15, 0.2) is 6.20 Å². The van der Waals surface area contributed by atoms with Gasteiger partial charge in [0, 0.05) is 31.4 Å². The van der Waals surface area contributed by atoms with Crippen molar-refractivity contribution in [1.82, 2.24) is 15.1 Å². The molecule has 0 bridgehead atoms. The van der Waals surface area contributed by atoms with Crippen LogP contribution in [0.5, 0.6) is 0 Å². The third-order valence-corrected chi connectivity index (χ3v) is 1.86. The second-order valence-electron chi connectivity index (χ2n) is 2.56. The van der Waals surface area contributed by atoms with Crippen LogP contribution in [0.25, 0.3) is 0 Å². The summed E-state index contributed by atoms with van der Waals surface area (Å²) in [6.45, 7) is 5.03. The third kappa shape index (κ3) is 0.743. The summed E-state index contributed by atoms with van der Waals surface area (Å²) in [5.74, 6) is 0. The molecule has 1 aromatic heterocycles. The fraction of sp³-hybridized carbons (Fsp3) is 0.571. The number of nitrogens with one attached hydrogen (secondary N) is 1. The Morgan fingerprint density at radius 2 is 2.60 bits per heavy atom. The molecule has 0 radical (unpaired) electrons. The molecule has 1 aliphatic rings. The fourth-order valence-corrected chi connectivity index (χ4v) is 1.28. The van der Waals surface area contributed by atoms with Gasteiger partial charge in [0.1, 0.15) is 0 Å². The second kappa shape index (κ2) is 2.09. The number of aromatic nitrogens is 2. The highest BCUT2D eigenvalue weighted by molar-refractivity contribution is 5.20. The van der Waals surface area contributed by atoms with Gasteiger partial charge >= 0.3 is 0 Å². The first kappa shape index (κ1) is 5.92. The van der Waals surface area contributed by atoms with Crippen LogP contribution in [0.2, 0.25) is 0 Å². The molecule has 0 unspecified atom stereocenters. The summed E-state index contributed by atoms with van der Waals surface area (Å²) in [4.78, 5) is 0. The molecule has 0 spiro atoms. The van der Waals surface area contributed by atoms with Gasteiger partial charge in [-0.3, -0.25) is 4.68 Å². The van der Waals surface area contributed by atoms with E-state index in [0.29, 0.717) is 0 Å². The molecule has 0 atom stereocenters. The van der Waals surface area contributed by atoms with Crippen molar-refractivity contribution >= 4 is 0 Å². The average molecular weight is 137 g/mol. The van der Waals surface area contributed by atoms with Crippen LogP contribution in [0.3, 0.4) is 0 Å². The predicted molar refractivity (Wildman–Crippen MR) is 38.4 cm³/mol. The number of hydrogen-bond acceptors (Lipinski definition) is 2. The van der Waals surface area contributed by atoms with Crippen LogP contribution in [0.1, 0.15) is 18.2 Å². The van der Waals surface area contributed by atoms with E-state index in [9.17, 15) is 0 Å². The second-order valence-corrected chi connectivity index (χ2v) is 2.56. The van der Waals surface area contributed by atoms with Crippen molar-refractivity contribution in [1.29, 1.82) is 0 Å². The molecule has 2 rings (SSSR count). The van der Waals surface area contributed by atoms with Gasteiger partial charge < -0.3 is 5.32 Å². The molecule has 0 saturated heterocycles. The first-order valence-electron chi connectivity index (χ1n) is 3.66. The van der Waals surface area contributed by atoms with E-state index in [0.717, 1.165) is 19.6 Å². The van der Waals surface area contributed by atoms with Crippen LogP contribution < -0.4 is 5.32 Å². The molecule has 1 aromatic rings. The minimum absolute atomic E-state index is 0.947. The van der Waals surface area contributed by atoms with Crippen molar-refractivity contribution in [3.8, 4) is 0 Å². The van der Waals surface area contributed by atoms with Crippen LogP contribution in [-0.2, 0) is 19.6 Å². The summed E-state index contributed by atoms with van der Waals surface area (Å²) in [7, 11) is 0. The van der Waals surface area contributed by atoms with E-state index in [1.165, 1.54) is 11.3 Å². The van der Waals surface area contributed by atoms with Crippen molar-refractivity contribution in [3.63, 3.8) is 0 Å². The number of nitrogens with zero attached hydrogens (tertiary/aromatic N) is 2. The van der Waals surface area contributed by atoms with E-state index in [2.05, 4.69) is 23.5 Å². The zero-order valence-corrected chi connectivity index (χ0v) is 6.09. The zero-order valence-electron chi connectivity index (χ0n) is 6.09. The summed E-state index contributed by atoms with van der Waals surface area (Å²) in [6.07, 6.45) is 2.12. The molecule has 0 aliphatic carbocycles. The molecule has 0 fully saturated rings. The van der Waals surface area contributed by atoms with E-state index >= 15 is 0 Å². The van der Waals surface area contributed by atoms with E-state index in [-0.39, 0.29) is 0 Å². The van der Waals surface area contributed by atoms with Gasteiger partial charge in [0.15, 0.2) is 0 Å². The maximum Gasteiger partial charge on any atom is 0.0807 e. The lowest BCUT2D eigenvalue weighted by molar-refractivity contribution is 0.626. The monoisotopic (exact) mass is 137 g/mol. The molecule has 0 saturated carbocycles. The largest absolute Gasteiger partial charge is 0.307 e. The van der Waals surface area contributed by atoms with Gasteiger partial charge in [-0.1, -0.05) is 0 Å². The molecule has 3 nitrogen and oxygen atoms in total. The minimum atomic E-state index is 0.947. The summed E-state index contributed by atoms with van der Waals surface area (Å²) in [6, 6.07) is 0. The lowest BCUT2D eigenvalue weighted by Gasteiger charge is -1.93. The quantitative estimate of drug-likeness (QED) is 0.611. The molecule has 1 N–H and O–H groups in total. The molecule has 54 valence electrons. The van der Waals surface area contributed by atoms with Crippen molar-refractivity contribution in [3.05, 3.63) is 17.5 Å². The Balaban J connectivity index is 2.37. The normalized spacial score (nSPS) is 15.7. The molecule has 2 heterocycles. The maximum absolute atomic E-state index is 4.36. The highest BCUT2D eigenvalue weighted by atomic mass is 15.3. The first-order chi connectivity index (χ1) is 4.90. The van der Waals surface area contributed by atoms with Gasteiger partial charge in [-0.2, -0.15) is 5.10 Å². The Morgan fingerprint density at radius 1 is 1.70 bits per heavy atom. The molecular formula is C7H11N3. The van der Waals surface area contributed by atoms with Crippen molar-refractivity contribution in [2.45, 2.75) is 26.6 Å². The van der Waals surface area contributed by atoms with Crippen molar-refractivity contribution in [2.75, 3.05) is 0 Å². The molecule has 3 heteroatoms. The summed E-state index contributed by atoms with van der Waals surface area (Å²) >= 11 is 0. The van der Waals surface area contributed by atoms with Gasteiger partial charge in [0.05, 0.1) is 5.69 Å². The van der Waals surface area contributed by atoms with Gasteiger partial charge in [-0.15, -0.1) is 0 Å².